The molecule has 0 heterocycles. The van der Waals surface area contributed by atoms with E-state index in [1.165, 1.54) is 24.3 Å². The summed E-state index contributed by atoms with van der Waals surface area (Å²) >= 11 is 0. The molecule has 0 atom stereocenters. The van der Waals surface area contributed by atoms with Gasteiger partial charge in [0.05, 0.1) is 0 Å². The Balaban J connectivity index is 2.24. The molecule has 2 amide bonds. The van der Waals surface area contributed by atoms with E-state index in [-0.39, 0.29) is 5.56 Å². The van der Waals surface area contributed by atoms with E-state index in [0.717, 1.165) is 17.9 Å². The van der Waals surface area contributed by atoms with E-state index >= 15 is 0 Å². The van der Waals surface area contributed by atoms with Crippen LogP contribution in [0.1, 0.15) is 40.5 Å². The number of hydrogen-bond acceptors (Lipinski definition) is 3. The Morgan fingerprint density at radius 3 is 2.09 bits per heavy atom. The lowest BCUT2D eigenvalue weighted by Crippen LogP contribution is -2.47. The van der Waals surface area contributed by atoms with Crippen LogP contribution < -0.4 is 5.43 Å². The number of benzene rings is 2. The molecule has 5 heteroatoms. The van der Waals surface area contributed by atoms with Crippen molar-refractivity contribution in [1.82, 2.24) is 10.4 Å². The molecule has 0 aliphatic heterocycles. The van der Waals surface area contributed by atoms with Crippen molar-refractivity contribution in [2.45, 2.75) is 19.8 Å². The standard InChI is InChI=1S/C18H19FN2O2/c1-2-3-13-20-21(17(22)14-7-5-4-6-8-14)18(23)15-9-11-16(19)12-10-15/h4-12,20H,2-3,13H2,1H3. The van der Waals surface area contributed by atoms with Gasteiger partial charge in [0.2, 0.25) is 0 Å². The topological polar surface area (TPSA) is 49.4 Å². The number of rotatable bonds is 6. The van der Waals surface area contributed by atoms with Crippen LogP contribution in [0.4, 0.5) is 4.39 Å². The van der Waals surface area contributed by atoms with Crippen LogP contribution in [0.25, 0.3) is 0 Å². The lowest BCUT2D eigenvalue weighted by atomic mass is 10.1. The minimum absolute atomic E-state index is 0.250. The first-order valence-corrected chi connectivity index (χ1v) is 7.56. The van der Waals surface area contributed by atoms with E-state index in [9.17, 15) is 14.0 Å². The Kier molecular flexibility index (Phi) is 6.00. The van der Waals surface area contributed by atoms with Gasteiger partial charge in [0.25, 0.3) is 11.8 Å². The Labute approximate surface area is 134 Å². The van der Waals surface area contributed by atoms with Gasteiger partial charge in [-0.1, -0.05) is 31.5 Å². The van der Waals surface area contributed by atoms with Gasteiger partial charge in [-0.05, 0) is 42.8 Å². The molecule has 120 valence electrons. The van der Waals surface area contributed by atoms with Crippen LogP contribution in [-0.4, -0.2) is 23.4 Å². The average Bonchev–Trinajstić information content (AvgIpc) is 2.59. The van der Waals surface area contributed by atoms with Crippen LogP contribution in [0.3, 0.4) is 0 Å². The van der Waals surface area contributed by atoms with Crippen molar-refractivity contribution in [3.8, 4) is 0 Å². The Bertz CT molecular complexity index is 656. The maximum atomic E-state index is 13.0. The predicted octanol–water partition coefficient (Wildman–Crippen LogP) is 3.41. The highest BCUT2D eigenvalue weighted by Crippen LogP contribution is 2.10. The van der Waals surface area contributed by atoms with E-state index in [1.54, 1.807) is 30.3 Å². The van der Waals surface area contributed by atoms with Gasteiger partial charge >= 0.3 is 0 Å². The summed E-state index contributed by atoms with van der Waals surface area (Å²) in [5, 5.41) is 0.998. The van der Waals surface area contributed by atoms with Crippen molar-refractivity contribution in [3.63, 3.8) is 0 Å². The molecule has 0 aliphatic rings. The molecule has 0 unspecified atom stereocenters. The predicted molar refractivity (Wildman–Crippen MR) is 86.3 cm³/mol. The molecule has 0 saturated carbocycles. The lowest BCUT2D eigenvalue weighted by Gasteiger charge is -2.22. The molecule has 0 saturated heterocycles. The molecule has 0 aliphatic carbocycles. The molecule has 0 bridgehead atoms. The van der Waals surface area contributed by atoms with Crippen LogP contribution in [-0.2, 0) is 0 Å². The second kappa shape index (κ2) is 8.19. The minimum atomic E-state index is -0.505. The number of hydrazine groups is 1. The molecule has 0 aromatic heterocycles. The van der Waals surface area contributed by atoms with E-state index in [1.807, 2.05) is 6.92 Å². The van der Waals surface area contributed by atoms with Crippen molar-refractivity contribution in [2.24, 2.45) is 0 Å². The molecule has 0 radical (unpaired) electrons. The van der Waals surface area contributed by atoms with E-state index < -0.39 is 17.6 Å². The number of amides is 2. The molecular formula is C18H19FN2O2. The van der Waals surface area contributed by atoms with Gasteiger partial charge in [0.15, 0.2) is 0 Å². The zero-order valence-corrected chi connectivity index (χ0v) is 13.0. The third-order valence-electron chi connectivity index (χ3n) is 3.32. The van der Waals surface area contributed by atoms with Crippen molar-refractivity contribution in [2.75, 3.05) is 6.54 Å². The summed E-state index contributed by atoms with van der Waals surface area (Å²) in [7, 11) is 0. The third-order valence-corrected chi connectivity index (χ3v) is 3.32. The number of carbonyl (C=O) groups is 2. The first-order valence-electron chi connectivity index (χ1n) is 7.56. The number of hydrogen-bond donors (Lipinski definition) is 1. The van der Waals surface area contributed by atoms with Gasteiger partial charge in [-0.25, -0.2) is 14.8 Å². The number of carbonyl (C=O) groups excluding carboxylic acids is 2. The number of nitrogens with one attached hydrogen (secondary N) is 1. The van der Waals surface area contributed by atoms with Gasteiger partial charge in [0, 0.05) is 17.7 Å². The van der Waals surface area contributed by atoms with Crippen LogP contribution >= 0.6 is 0 Å². The summed E-state index contributed by atoms with van der Waals surface area (Å²) in [6.45, 7) is 2.52. The average molecular weight is 314 g/mol. The van der Waals surface area contributed by atoms with E-state index in [0.29, 0.717) is 12.1 Å². The van der Waals surface area contributed by atoms with E-state index in [4.69, 9.17) is 0 Å². The monoisotopic (exact) mass is 314 g/mol. The fourth-order valence-corrected chi connectivity index (χ4v) is 2.03. The Hall–Kier alpha value is -2.53. The maximum absolute atomic E-state index is 13.0. The van der Waals surface area contributed by atoms with Crippen molar-refractivity contribution in [1.29, 1.82) is 0 Å². The van der Waals surface area contributed by atoms with Gasteiger partial charge in [-0.3, -0.25) is 9.59 Å². The fourth-order valence-electron chi connectivity index (χ4n) is 2.03. The molecule has 1 N–H and O–H groups in total. The minimum Gasteiger partial charge on any atom is -0.267 e. The quantitative estimate of drug-likeness (QED) is 0.505. The molecule has 2 rings (SSSR count). The second-order valence-corrected chi connectivity index (χ2v) is 5.08. The Morgan fingerprint density at radius 1 is 0.957 bits per heavy atom. The molecule has 4 nitrogen and oxygen atoms in total. The fraction of sp³-hybridized carbons (Fsp3) is 0.222. The summed E-state index contributed by atoms with van der Waals surface area (Å²) in [6.07, 6.45) is 1.76. The smallest absolute Gasteiger partial charge is 0.267 e. The highest BCUT2D eigenvalue weighted by Gasteiger charge is 2.23. The van der Waals surface area contributed by atoms with Crippen LogP contribution in [0, 0.1) is 5.82 Å². The first kappa shape index (κ1) is 16.8. The second-order valence-electron chi connectivity index (χ2n) is 5.08. The summed E-state index contributed by atoms with van der Waals surface area (Å²) < 4.78 is 13.0. The van der Waals surface area contributed by atoms with E-state index in [2.05, 4.69) is 5.43 Å². The van der Waals surface area contributed by atoms with Crippen LogP contribution in [0.5, 0.6) is 0 Å². The van der Waals surface area contributed by atoms with Crippen molar-refractivity contribution >= 4 is 11.8 Å². The third kappa shape index (κ3) is 4.47. The molecular weight excluding hydrogens is 295 g/mol. The van der Waals surface area contributed by atoms with Gasteiger partial charge in [-0.15, -0.1) is 0 Å². The van der Waals surface area contributed by atoms with Gasteiger partial charge in [-0.2, -0.15) is 0 Å². The first-order chi connectivity index (χ1) is 11.1. The summed E-state index contributed by atoms with van der Waals surface area (Å²) in [5.74, 6) is -1.37. The van der Waals surface area contributed by atoms with Crippen molar-refractivity contribution in [3.05, 3.63) is 71.5 Å². The molecule has 2 aromatic rings. The van der Waals surface area contributed by atoms with Gasteiger partial charge < -0.3 is 0 Å². The number of nitrogens with zero attached hydrogens (tertiary/aromatic N) is 1. The zero-order valence-electron chi connectivity index (χ0n) is 13.0. The highest BCUT2D eigenvalue weighted by molar-refractivity contribution is 6.09. The Morgan fingerprint density at radius 2 is 1.52 bits per heavy atom. The van der Waals surface area contributed by atoms with Crippen LogP contribution in [0.2, 0.25) is 0 Å². The summed E-state index contributed by atoms with van der Waals surface area (Å²) in [6, 6.07) is 13.7. The number of halogens is 1. The highest BCUT2D eigenvalue weighted by atomic mass is 19.1. The largest absolute Gasteiger partial charge is 0.275 e. The summed E-state index contributed by atoms with van der Waals surface area (Å²) in [4.78, 5) is 25.2. The van der Waals surface area contributed by atoms with Gasteiger partial charge in [0.1, 0.15) is 5.82 Å². The molecule has 0 fully saturated rings. The van der Waals surface area contributed by atoms with Crippen LogP contribution in [0.15, 0.2) is 54.6 Å². The maximum Gasteiger partial charge on any atom is 0.275 e. The number of unbranched alkanes of at least 4 members (excludes halogenated alkanes) is 1. The van der Waals surface area contributed by atoms with Crippen molar-refractivity contribution < 1.29 is 14.0 Å². The normalized spacial score (nSPS) is 10.3. The molecule has 2 aromatic carbocycles. The lowest BCUT2D eigenvalue weighted by molar-refractivity contribution is 0.0526. The SMILES string of the molecule is CCCCNN(C(=O)c1ccccc1)C(=O)c1ccc(F)cc1. The number of imide groups is 1. The zero-order chi connectivity index (χ0) is 16.7. The summed E-state index contributed by atoms with van der Waals surface area (Å²) in [5.41, 5.74) is 3.53. The molecule has 23 heavy (non-hydrogen) atoms. The molecule has 0 spiro atoms.